The van der Waals surface area contributed by atoms with Gasteiger partial charge in [-0.25, -0.2) is 19.9 Å². The van der Waals surface area contributed by atoms with Crippen molar-refractivity contribution in [2.75, 3.05) is 0 Å². The minimum atomic E-state index is -0.00208. The molecule has 2 heterocycles. The number of hydrogen-bond donors (Lipinski definition) is 0. The highest BCUT2D eigenvalue weighted by Crippen LogP contribution is 2.50. The maximum atomic E-state index is 4.51. The van der Waals surface area contributed by atoms with E-state index in [1.54, 1.807) is 25.0 Å². The van der Waals surface area contributed by atoms with Gasteiger partial charge in [-0.15, -0.1) is 0 Å². The number of hydrogen-bond acceptors (Lipinski definition) is 4. The predicted molar refractivity (Wildman–Crippen MR) is 182 cm³/mol. The minimum Gasteiger partial charge on any atom is -0.245 e. The van der Waals surface area contributed by atoms with E-state index in [2.05, 4.69) is 143 Å². The quantitative estimate of drug-likeness (QED) is 0.204. The van der Waals surface area contributed by atoms with Crippen LogP contribution in [0.1, 0.15) is 25.0 Å². The van der Waals surface area contributed by atoms with Crippen molar-refractivity contribution in [3.8, 4) is 67.0 Å². The molecule has 0 spiro atoms. The van der Waals surface area contributed by atoms with Gasteiger partial charge in [-0.05, 0) is 92.0 Å². The van der Waals surface area contributed by atoms with Crippen LogP contribution >= 0.6 is 0 Å². The van der Waals surface area contributed by atoms with E-state index < -0.39 is 0 Å². The van der Waals surface area contributed by atoms with Crippen molar-refractivity contribution in [1.29, 1.82) is 0 Å². The fraction of sp³-hybridized carbons (Fsp3) is 0.0732. The Morgan fingerprint density at radius 1 is 0.400 bits per heavy atom. The summed E-state index contributed by atoms with van der Waals surface area (Å²) in [5.74, 6) is 0. The highest BCUT2D eigenvalue weighted by molar-refractivity contribution is 5.89. The monoisotopic (exact) mass is 578 g/mol. The van der Waals surface area contributed by atoms with Gasteiger partial charge in [-0.3, -0.25) is 0 Å². The van der Waals surface area contributed by atoms with Crippen LogP contribution in [0.5, 0.6) is 0 Å². The Kier molecular flexibility index (Phi) is 6.42. The van der Waals surface area contributed by atoms with Gasteiger partial charge in [0.15, 0.2) is 0 Å². The Bertz CT molecular complexity index is 2110. The molecule has 1 aliphatic rings. The number of nitrogens with zero attached hydrogens (tertiary/aromatic N) is 4. The topological polar surface area (TPSA) is 51.6 Å². The molecule has 0 fully saturated rings. The summed E-state index contributed by atoms with van der Waals surface area (Å²) in [6, 6.07) is 43.7. The molecule has 0 atom stereocenters. The van der Waals surface area contributed by atoms with E-state index in [1.807, 2.05) is 12.1 Å². The maximum absolute atomic E-state index is 4.51. The van der Waals surface area contributed by atoms with Crippen molar-refractivity contribution in [3.05, 3.63) is 158 Å². The third-order valence-electron chi connectivity index (χ3n) is 9.04. The van der Waals surface area contributed by atoms with Crippen LogP contribution in [0.25, 0.3) is 67.0 Å². The van der Waals surface area contributed by atoms with Crippen molar-refractivity contribution < 1.29 is 0 Å². The summed E-state index contributed by atoms with van der Waals surface area (Å²) < 4.78 is 0. The highest BCUT2D eigenvalue weighted by Gasteiger charge is 2.35. The van der Waals surface area contributed by atoms with E-state index in [0.717, 1.165) is 33.6 Å². The third kappa shape index (κ3) is 4.72. The normalized spacial score (nSPS) is 12.8. The van der Waals surface area contributed by atoms with E-state index in [4.69, 9.17) is 0 Å². The average molecular weight is 579 g/mol. The lowest BCUT2D eigenvalue weighted by atomic mass is 9.82. The Morgan fingerprint density at radius 3 is 1.53 bits per heavy atom. The molecule has 214 valence electrons. The van der Waals surface area contributed by atoms with E-state index in [1.165, 1.54) is 44.5 Å². The van der Waals surface area contributed by atoms with Crippen LogP contribution in [-0.4, -0.2) is 19.9 Å². The van der Waals surface area contributed by atoms with Crippen molar-refractivity contribution >= 4 is 0 Å². The molecule has 0 N–H and O–H groups in total. The Hall–Kier alpha value is -5.74. The average Bonchev–Trinajstić information content (AvgIpc) is 3.34. The zero-order valence-electron chi connectivity index (χ0n) is 25.1. The minimum absolute atomic E-state index is 0.00208. The molecule has 45 heavy (non-hydrogen) atoms. The molecule has 5 aromatic carbocycles. The summed E-state index contributed by atoms with van der Waals surface area (Å²) in [6.45, 7) is 4.65. The highest BCUT2D eigenvalue weighted by atomic mass is 14.8. The van der Waals surface area contributed by atoms with Crippen LogP contribution in [0.3, 0.4) is 0 Å². The fourth-order valence-corrected chi connectivity index (χ4v) is 6.73. The molecule has 1 aliphatic carbocycles. The van der Waals surface area contributed by atoms with Gasteiger partial charge in [-0.2, -0.15) is 0 Å². The maximum Gasteiger partial charge on any atom is 0.116 e. The van der Waals surface area contributed by atoms with Gasteiger partial charge >= 0.3 is 0 Å². The Morgan fingerprint density at radius 2 is 0.911 bits per heavy atom. The van der Waals surface area contributed by atoms with Gasteiger partial charge in [0.1, 0.15) is 12.7 Å². The summed E-state index contributed by atoms with van der Waals surface area (Å²) in [6.07, 6.45) is 6.71. The van der Waals surface area contributed by atoms with E-state index in [-0.39, 0.29) is 5.41 Å². The van der Waals surface area contributed by atoms with Crippen molar-refractivity contribution in [2.24, 2.45) is 0 Å². The van der Waals surface area contributed by atoms with Crippen LogP contribution < -0.4 is 0 Å². The Labute approximate surface area is 263 Å². The lowest BCUT2D eigenvalue weighted by Crippen LogP contribution is -2.14. The van der Waals surface area contributed by atoms with Gasteiger partial charge < -0.3 is 0 Å². The van der Waals surface area contributed by atoms with Crippen LogP contribution in [0.4, 0.5) is 0 Å². The molecule has 4 nitrogen and oxygen atoms in total. The molecule has 4 heteroatoms. The first-order chi connectivity index (χ1) is 22.1. The molecule has 0 saturated carbocycles. The van der Waals surface area contributed by atoms with Crippen LogP contribution in [0, 0.1) is 0 Å². The first-order valence-electron chi connectivity index (χ1n) is 15.2. The van der Waals surface area contributed by atoms with Crippen molar-refractivity contribution in [3.63, 3.8) is 0 Å². The van der Waals surface area contributed by atoms with Crippen LogP contribution in [-0.2, 0) is 5.41 Å². The lowest BCUT2D eigenvalue weighted by molar-refractivity contribution is 0.660. The zero-order valence-corrected chi connectivity index (χ0v) is 25.1. The molecule has 2 aromatic heterocycles. The summed E-state index contributed by atoms with van der Waals surface area (Å²) in [5.41, 5.74) is 16.3. The van der Waals surface area contributed by atoms with Crippen molar-refractivity contribution in [2.45, 2.75) is 19.3 Å². The number of benzene rings is 5. The summed E-state index contributed by atoms with van der Waals surface area (Å²) in [5, 5.41) is 0. The van der Waals surface area contributed by atoms with Crippen LogP contribution in [0.15, 0.2) is 146 Å². The van der Waals surface area contributed by atoms with Crippen molar-refractivity contribution in [1.82, 2.24) is 19.9 Å². The first-order valence-corrected chi connectivity index (χ1v) is 15.2. The second kappa shape index (κ2) is 10.8. The lowest BCUT2D eigenvalue weighted by Gasteiger charge is -2.21. The largest absolute Gasteiger partial charge is 0.245 e. The van der Waals surface area contributed by atoms with E-state index in [0.29, 0.717) is 0 Å². The predicted octanol–water partition coefficient (Wildman–Crippen LogP) is 9.91. The molecule has 7 aromatic rings. The van der Waals surface area contributed by atoms with E-state index in [9.17, 15) is 0 Å². The molecular formula is C41H30N4. The molecule has 8 rings (SSSR count). The summed E-state index contributed by atoms with van der Waals surface area (Å²) in [7, 11) is 0. The molecule has 0 radical (unpaired) electrons. The zero-order chi connectivity index (χ0) is 30.4. The van der Waals surface area contributed by atoms with Crippen LogP contribution in [0.2, 0.25) is 0 Å². The number of fused-ring (bicyclic) bond motifs is 3. The molecule has 0 saturated heterocycles. The molecule has 0 bridgehead atoms. The molecule has 0 amide bonds. The molecule has 0 aliphatic heterocycles. The smallest absolute Gasteiger partial charge is 0.116 e. The van der Waals surface area contributed by atoms with Gasteiger partial charge in [0.05, 0.1) is 11.4 Å². The second-order valence-corrected chi connectivity index (χ2v) is 12.0. The third-order valence-corrected chi connectivity index (χ3v) is 9.04. The molecular weight excluding hydrogens is 548 g/mol. The van der Waals surface area contributed by atoms with Gasteiger partial charge in [0.25, 0.3) is 0 Å². The summed E-state index contributed by atoms with van der Waals surface area (Å²) >= 11 is 0. The van der Waals surface area contributed by atoms with E-state index >= 15 is 0 Å². The number of aromatic nitrogens is 4. The van der Waals surface area contributed by atoms with Gasteiger partial charge in [0.2, 0.25) is 0 Å². The SMILES string of the molecule is CC1(C)c2ccccc2-c2cc(-c3ccccc3-c3ccc(-c4cc(-c5ccncn5)cc(-c5ccncn5)c4)cc3)ccc21. The first kappa shape index (κ1) is 26.9. The van der Waals surface area contributed by atoms with Gasteiger partial charge in [0, 0.05) is 28.9 Å². The summed E-state index contributed by atoms with van der Waals surface area (Å²) in [4.78, 5) is 17.2. The Balaban J connectivity index is 1.19. The standard InChI is InChI=1S/C41H30N4/c1-41(2)37-10-6-5-9-35(37)36-24-29(15-16-38(36)41)34-8-4-3-7-33(34)28-13-11-27(12-14-28)30-21-31(39-17-19-42-25-44-39)23-32(22-30)40-18-20-43-26-45-40/h3-26H,1-2H3. The van der Waals surface area contributed by atoms with Gasteiger partial charge in [-0.1, -0.05) is 98.8 Å². The second-order valence-electron chi connectivity index (χ2n) is 12.0. The molecule has 0 unspecified atom stereocenters. The number of rotatable bonds is 5. The fourth-order valence-electron chi connectivity index (χ4n) is 6.73.